The summed E-state index contributed by atoms with van der Waals surface area (Å²) in [6.07, 6.45) is -4.66. The monoisotopic (exact) mass is 244 g/mol. The molecule has 0 aromatic carbocycles. The highest BCUT2D eigenvalue weighted by atomic mass is 31.2. The summed E-state index contributed by atoms with van der Waals surface area (Å²) < 4.78 is 19.4. The maximum atomic E-state index is 10.4. The van der Waals surface area contributed by atoms with Gasteiger partial charge in [-0.25, -0.2) is 4.57 Å². The first-order chi connectivity index (χ1) is 6.85. The number of phosphoric acid groups is 1. The Balaban J connectivity index is 2.47. The van der Waals surface area contributed by atoms with Crippen molar-refractivity contribution in [3.63, 3.8) is 0 Å². The molecule has 1 aliphatic rings. The maximum Gasteiger partial charge on any atom is 0.469 e. The lowest BCUT2D eigenvalue weighted by atomic mass is 10.1. The summed E-state index contributed by atoms with van der Waals surface area (Å²) >= 11 is 0. The van der Waals surface area contributed by atoms with E-state index in [9.17, 15) is 14.8 Å². The van der Waals surface area contributed by atoms with E-state index in [0.717, 1.165) is 0 Å². The van der Waals surface area contributed by atoms with Gasteiger partial charge in [0.05, 0.1) is 13.2 Å². The summed E-state index contributed by atoms with van der Waals surface area (Å²) in [6.45, 7) is -1.05. The van der Waals surface area contributed by atoms with Gasteiger partial charge in [-0.1, -0.05) is 0 Å². The van der Waals surface area contributed by atoms with Crippen molar-refractivity contribution < 1.29 is 38.9 Å². The second kappa shape index (κ2) is 4.86. The van der Waals surface area contributed by atoms with E-state index in [-0.39, 0.29) is 0 Å². The molecule has 1 rings (SSSR count). The van der Waals surface area contributed by atoms with Crippen LogP contribution in [-0.2, 0) is 13.8 Å². The minimum absolute atomic E-state index is 0.495. The summed E-state index contributed by atoms with van der Waals surface area (Å²) in [7, 11) is -4.63. The van der Waals surface area contributed by atoms with Gasteiger partial charge in [0.15, 0.2) is 0 Å². The molecule has 0 aliphatic carbocycles. The van der Waals surface area contributed by atoms with E-state index < -0.39 is 45.5 Å². The molecule has 9 heteroatoms. The van der Waals surface area contributed by atoms with Crippen molar-refractivity contribution in [2.75, 3.05) is 13.2 Å². The SMILES string of the molecule is O=P(O)(O)OC[C@H]1O[C@@H](CO)[C@H](O)[C@H]1O. The lowest BCUT2D eigenvalue weighted by Crippen LogP contribution is -2.35. The van der Waals surface area contributed by atoms with Gasteiger partial charge in [-0.05, 0) is 0 Å². The molecule has 4 atom stereocenters. The molecule has 1 saturated heterocycles. The van der Waals surface area contributed by atoms with Gasteiger partial charge in [0.1, 0.15) is 24.4 Å². The number of phosphoric ester groups is 1. The minimum atomic E-state index is -4.63. The summed E-state index contributed by atoms with van der Waals surface area (Å²) in [5, 5.41) is 27.3. The predicted octanol–water partition coefficient (Wildman–Crippen LogP) is -2.42. The molecule has 1 heterocycles. The van der Waals surface area contributed by atoms with E-state index in [2.05, 4.69) is 4.52 Å². The van der Waals surface area contributed by atoms with E-state index in [1.54, 1.807) is 0 Å². The van der Waals surface area contributed by atoms with Gasteiger partial charge >= 0.3 is 7.82 Å². The Morgan fingerprint density at radius 3 is 2.13 bits per heavy atom. The van der Waals surface area contributed by atoms with Gasteiger partial charge in [0.25, 0.3) is 0 Å². The zero-order valence-electron chi connectivity index (χ0n) is 7.63. The molecule has 5 N–H and O–H groups in total. The topological polar surface area (TPSA) is 137 Å². The molecule has 1 aliphatic heterocycles. The fourth-order valence-corrected chi connectivity index (χ4v) is 1.63. The van der Waals surface area contributed by atoms with Crippen LogP contribution >= 0.6 is 7.82 Å². The van der Waals surface area contributed by atoms with E-state index in [1.807, 2.05) is 0 Å². The number of hydrogen-bond donors (Lipinski definition) is 5. The molecular formula is C6H13O8P. The van der Waals surface area contributed by atoms with Crippen molar-refractivity contribution >= 4 is 7.82 Å². The van der Waals surface area contributed by atoms with Crippen LogP contribution in [0.1, 0.15) is 0 Å². The average molecular weight is 244 g/mol. The van der Waals surface area contributed by atoms with Crippen LogP contribution in [0.5, 0.6) is 0 Å². The van der Waals surface area contributed by atoms with Gasteiger partial charge < -0.3 is 29.8 Å². The number of ether oxygens (including phenoxy) is 1. The molecule has 0 unspecified atom stereocenters. The lowest BCUT2D eigenvalue weighted by molar-refractivity contribution is -0.0388. The number of hydrogen-bond acceptors (Lipinski definition) is 6. The molecule has 0 aromatic heterocycles. The number of rotatable bonds is 4. The fourth-order valence-electron chi connectivity index (χ4n) is 1.28. The van der Waals surface area contributed by atoms with Crippen LogP contribution in [0.15, 0.2) is 0 Å². The Hall–Kier alpha value is -0.0500. The van der Waals surface area contributed by atoms with Gasteiger partial charge in [0.2, 0.25) is 0 Å². The molecule has 90 valence electrons. The van der Waals surface area contributed by atoms with E-state index in [4.69, 9.17) is 19.6 Å². The van der Waals surface area contributed by atoms with E-state index in [0.29, 0.717) is 0 Å². The summed E-state index contributed by atoms with van der Waals surface area (Å²) in [6, 6.07) is 0. The highest BCUT2D eigenvalue weighted by Crippen LogP contribution is 2.37. The quantitative estimate of drug-likeness (QED) is 0.344. The van der Waals surface area contributed by atoms with Crippen molar-refractivity contribution in [1.29, 1.82) is 0 Å². The van der Waals surface area contributed by atoms with Crippen LogP contribution in [0.2, 0.25) is 0 Å². The molecule has 0 amide bonds. The van der Waals surface area contributed by atoms with E-state index >= 15 is 0 Å². The standard InChI is InChI=1S/C6H13O8P/c7-1-3-5(8)6(9)4(14-3)2-13-15(10,11)12/h3-9H,1-2H2,(H2,10,11,12)/t3-,4+,5-,6-/m0/s1. The van der Waals surface area contributed by atoms with Crippen molar-refractivity contribution in [3.05, 3.63) is 0 Å². The van der Waals surface area contributed by atoms with Crippen LogP contribution in [-0.4, -0.2) is 62.7 Å². The Kier molecular flexibility index (Phi) is 4.21. The first-order valence-electron chi connectivity index (χ1n) is 4.17. The second-order valence-corrected chi connectivity index (χ2v) is 4.40. The molecule has 8 nitrogen and oxygen atoms in total. The number of aliphatic hydroxyl groups is 3. The smallest absolute Gasteiger partial charge is 0.394 e. The lowest BCUT2D eigenvalue weighted by Gasteiger charge is -2.14. The van der Waals surface area contributed by atoms with Gasteiger partial charge in [0, 0.05) is 0 Å². The van der Waals surface area contributed by atoms with Gasteiger partial charge in [-0.3, -0.25) is 4.52 Å². The van der Waals surface area contributed by atoms with E-state index in [1.165, 1.54) is 0 Å². The summed E-state index contributed by atoms with van der Waals surface area (Å²) in [5.74, 6) is 0. The van der Waals surface area contributed by atoms with Gasteiger partial charge in [-0.2, -0.15) is 0 Å². The molecule has 0 spiro atoms. The molecular weight excluding hydrogens is 231 g/mol. The normalized spacial score (nSPS) is 37.1. The third-order valence-corrected chi connectivity index (χ3v) is 2.53. The molecule has 0 radical (unpaired) electrons. The third-order valence-electron chi connectivity index (χ3n) is 2.05. The number of aliphatic hydroxyl groups excluding tert-OH is 3. The van der Waals surface area contributed by atoms with Crippen LogP contribution in [0.25, 0.3) is 0 Å². The Bertz CT molecular complexity index is 252. The first-order valence-corrected chi connectivity index (χ1v) is 5.70. The van der Waals surface area contributed by atoms with Crippen molar-refractivity contribution in [2.24, 2.45) is 0 Å². The summed E-state index contributed by atoms with van der Waals surface area (Å²) in [5.41, 5.74) is 0. The zero-order valence-corrected chi connectivity index (χ0v) is 8.53. The largest absolute Gasteiger partial charge is 0.469 e. The molecule has 0 aromatic rings. The Labute approximate surface area is 85.3 Å². The Morgan fingerprint density at radius 1 is 1.20 bits per heavy atom. The minimum Gasteiger partial charge on any atom is -0.394 e. The summed E-state index contributed by atoms with van der Waals surface area (Å²) in [4.78, 5) is 16.8. The molecule has 0 bridgehead atoms. The van der Waals surface area contributed by atoms with Crippen LogP contribution in [0, 0.1) is 0 Å². The van der Waals surface area contributed by atoms with Gasteiger partial charge in [-0.15, -0.1) is 0 Å². The second-order valence-electron chi connectivity index (χ2n) is 3.16. The molecule has 15 heavy (non-hydrogen) atoms. The highest BCUT2D eigenvalue weighted by molar-refractivity contribution is 7.46. The van der Waals surface area contributed by atoms with Crippen LogP contribution in [0.3, 0.4) is 0 Å². The van der Waals surface area contributed by atoms with Crippen molar-refractivity contribution in [3.8, 4) is 0 Å². The van der Waals surface area contributed by atoms with Crippen LogP contribution in [0.4, 0.5) is 0 Å². The highest BCUT2D eigenvalue weighted by Gasteiger charge is 2.43. The molecule has 0 saturated carbocycles. The maximum absolute atomic E-state index is 10.4. The van der Waals surface area contributed by atoms with Crippen molar-refractivity contribution in [1.82, 2.24) is 0 Å². The fraction of sp³-hybridized carbons (Fsp3) is 1.00. The van der Waals surface area contributed by atoms with Crippen molar-refractivity contribution in [2.45, 2.75) is 24.4 Å². The zero-order chi connectivity index (χ0) is 11.6. The third kappa shape index (κ3) is 3.47. The predicted molar refractivity (Wildman–Crippen MR) is 45.8 cm³/mol. The van der Waals surface area contributed by atoms with Crippen LogP contribution < -0.4 is 0 Å². The first kappa shape index (κ1) is 13.0. The molecule has 1 fully saturated rings. The Morgan fingerprint density at radius 2 is 1.73 bits per heavy atom. The average Bonchev–Trinajstić information content (AvgIpc) is 2.40.